The van der Waals surface area contributed by atoms with Crippen LogP contribution < -0.4 is 0 Å². The summed E-state index contributed by atoms with van der Waals surface area (Å²) >= 11 is 6.30. The van der Waals surface area contributed by atoms with E-state index in [1.165, 1.54) is 0 Å². The van der Waals surface area contributed by atoms with E-state index in [-0.39, 0.29) is 0 Å². The third-order valence-corrected chi connectivity index (χ3v) is 5.22. The molecule has 138 valence electrons. The second-order valence-corrected chi connectivity index (χ2v) is 7.29. The predicted molar refractivity (Wildman–Crippen MR) is 121 cm³/mol. The van der Waals surface area contributed by atoms with E-state index >= 15 is 0 Å². The lowest BCUT2D eigenvalue weighted by Crippen LogP contribution is -1.94. The van der Waals surface area contributed by atoms with Crippen LogP contribution in [0.25, 0.3) is 44.5 Å². The highest BCUT2D eigenvalue weighted by atomic mass is 35.5. The molecule has 2 aromatic heterocycles. The fourth-order valence-electron chi connectivity index (χ4n) is 3.61. The normalized spacial score (nSPS) is 10.9. The zero-order chi connectivity index (χ0) is 19.6. The van der Waals surface area contributed by atoms with Crippen molar-refractivity contribution in [2.75, 3.05) is 0 Å². The molecule has 0 spiro atoms. The summed E-state index contributed by atoms with van der Waals surface area (Å²) in [5, 5.41) is 1.77. The zero-order valence-corrected chi connectivity index (χ0v) is 16.3. The maximum Gasteiger partial charge on any atom is 0.0978 e. The molecule has 0 fully saturated rings. The highest BCUT2D eigenvalue weighted by Crippen LogP contribution is 2.36. The van der Waals surface area contributed by atoms with Crippen molar-refractivity contribution in [2.45, 2.75) is 0 Å². The van der Waals surface area contributed by atoms with Crippen LogP contribution in [0.2, 0.25) is 5.02 Å². The molecule has 0 aliphatic heterocycles. The van der Waals surface area contributed by atoms with Gasteiger partial charge in [0.05, 0.1) is 16.9 Å². The second kappa shape index (κ2) is 7.50. The Bertz CT molecular complexity index is 1300. The average molecular weight is 393 g/mol. The third kappa shape index (κ3) is 3.39. The second-order valence-electron chi connectivity index (χ2n) is 6.85. The molecule has 2 heterocycles. The van der Waals surface area contributed by atoms with Crippen LogP contribution in [0, 0.1) is 0 Å². The average Bonchev–Trinajstić information content (AvgIpc) is 2.79. The summed E-state index contributed by atoms with van der Waals surface area (Å²) in [5.41, 5.74) is 6.95. The molecule has 3 aromatic carbocycles. The van der Waals surface area contributed by atoms with E-state index in [1.54, 1.807) is 0 Å². The number of rotatable bonds is 3. The standard InChI is InChI=1S/C26H17ClN2/c27-21-13-7-12-20(16-21)23-17-24(18-8-3-1-4-9-18)29-26-22(23)14-15-28-25(26)19-10-5-2-6-11-19/h1-17H. The number of nitrogens with zero attached hydrogens (tertiary/aromatic N) is 2. The summed E-state index contributed by atoms with van der Waals surface area (Å²) in [4.78, 5) is 9.71. The van der Waals surface area contributed by atoms with E-state index in [2.05, 4.69) is 41.4 Å². The molecule has 0 bridgehead atoms. The molecule has 0 radical (unpaired) electrons. The van der Waals surface area contributed by atoms with Crippen LogP contribution in [-0.2, 0) is 0 Å². The lowest BCUT2D eigenvalue weighted by molar-refractivity contribution is 1.31. The topological polar surface area (TPSA) is 25.8 Å². The summed E-state index contributed by atoms with van der Waals surface area (Å²) in [5.74, 6) is 0. The molecule has 29 heavy (non-hydrogen) atoms. The minimum absolute atomic E-state index is 0.714. The van der Waals surface area contributed by atoms with Gasteiger partial charge in [0.15, 0.2) is 0 Å². The van der Waals surface area contributed by atoms with Gasteiger partial charge in [0.1, 0.15) is 0 Å². The van der Waals surface area contributed by atoms with Gasteiger partial charge in [-0.25, -0.2) is 4.98 Å². The smallest absolute Gasteiger partial charge is 0.0978 e. The van der Waals surface area contributed by atoms with Gasteiger partial charge < -0.3 is 0 Å². The number of fused-ring (bicyclic) bond motifs is 1. The number of aromatic nitrogens is 2. The van der Waals surface area contributed by atoms with Gasteiger partial charge in [0.25, 0.3) is 0 Å². The third-order valence-electron chi connectivity index (χ3n) is 4.98. The summed E-state index contributed by atoms with van der Waals surface area (Å²) in [6.07, 6.45) is 1.85. The Kier molecular flexibility index (Phi) is 4.55. The van der Waals surface area contributed by atoms with E-state index < -0.39 is 0 Å². The minimum Gasteiger partial charge on any atom is -0.254 e. The van der Waals surface area contributed by atoms with Crippen molar-refractivity contribution in [1.29, 1.82) is 0 Å². The summed E-state index contributed by atoms with van der Waals surface area (Å²) in [7, 11) is 0. The van der Waals surface area contributed by atoms with Crippen molar-refractivity contribution < 1.29 is 0 Å². The molecule has 5 aromatic rings. The number of hydrogen-bond acceptors (Lipinski definition) is 2. The first kappa shape index (κ1) is 17.6. The minimum atomic E-state index is 0.714. The molecule has 0 atom stereocenters. The first-order valence-electron chi connectivity index (χ1n) is 9.46. The number of halogens is 1. The Morgan fingerprint density at radius 3 is 2.03 bits per heavy atom. The van der Waals surface area contributed by atoms with Crippen molar-refractivity contribution in [3.63, 3.8) is 0 Å². The van der Waals surface area contributed by atoms with Crippen molar-refractivity contribution in [2.24, 2.45) is 0 Å². The molecule has 2 nitrogen and oxygen atoms in total. The maximum absolute atomic E-state index is 6.30. The van der Waals surface area contributed by atoms with Crippen LogP contribution in [0.4, 0.5) is 0 Å². The first-order valence-corrected chi connectivity index (χ1v) is 9.84. The number of benzene rings is 3. The molecule has 0 unspecified atom stereocenters. The van der Waals surface area contributed by atoms with Gasteiger partial charge in [0.2, 0.25) is 0 Å². The van der Waals surface area contributed by atoms with E-state index in [0.717, 1.165) is 44.5 Å². The highest BCUT2D eigenvalue weighted by Gasteiger charge is 2.14. The summed E-state index contributed by atoms with van der Waals surface area (Å²) < 4.78 is 0. The van der Waals surface area contributed by atoms with Crippen LogP contribution in [0.1, 0.15) is 0 Å². The lowest BCUT2D eigenvalue weighted by atomic mass is 9.97. The van der Waals surface area contributed by atoms with Gasteiger partial charge in [-0.1, -0.05) is 84.4 Å². The fourth-order valence-corrected chi connectivity index (χ4v) is 3.80. The summed E-state index contributed by atoms with van der Waals surface area (Å²) in [6.45, 7) is 0. The largest absolute Gasteiger partial charge is 0.254 e. The van der Waals surface area contributed by atoms with Gasteiger partial charge in [-0.2, -0.15) is 0 Å². The van der Waals surface area contributed by atoms with Crippen LogP contribution in [0.5, 0.6) is 0 Å². The van der Waals surface area contributed by atoms with Crippen LogP contribution in [0.15, 0.2) is 103 Å². The Labute approximate surface area is 174 Å². The monoisotopic (exact) mass is 392 g/mol. The molecule has 0 N–H and O–H groups in total. The lowest BCUT2D eigenvalue weighted by Gasteiger charge is -2.13. The fraction of sp³-hybridized carbons (Fsp3) is 0. The molecule has 0 saturated heterocycles. The van der Waals surface area contributed by atoms with Crippen molar-refractivity contribution in [3.8, 4) is 33.6 Å². The van der Waals surface area contributed by atoms with Crippen molar-refractivity contribution >= 4 is 22.5 Å². The van der Waals surface area contributed by atoms with Crippen LogP contribution >= 0.6 is 11.6 Å². The Hall–Kier alpha value is -3.49. The molecule has 0 aliphatic rings. The zero-order valence-electron chi connectivity index (χ0n) is 15.6. The van der Waals surface area contributed by atoms with E-state index in [4.69, 9.17) is 16.6 Å². The summed E-state index contributed by atoms with van der Waals surface area (Å²) in [6, 6.07) is 32.5. The van der Waals surface area contributed by atoms with Crippen LogP contribution in [0.3, 0.4) is 0 Å². The predicted octanol–water partition coefficient (Wildman–Crippen LogP) is 7.28. The number of pyridine rings is 2. The quantitative estimate of drug-likeness (QED) is 0.322. The molecule has 0 aliphatic carbocycles. The Morgan fingerprint density at radius 1 is 0.621 bits per heavy atom. The number of hydrogen-bond donors (Lipinski definition) is 0. The van der Waals surface area contributed by atoms with Gasteiger partial charge in [-0.15, -0.1) is 0 Å². The molecular weight excluding hydrogens is 376 g/mol. The molecule has 0 amide bonds. The van der Waals surface area contributed by atoms with E-state index in [9.17, 15) is 0 Å². The first-order chi connectivity index (χ1) is 14.3. The van der Waals surface area contributed by atoms with Crippen molar-refractivity contribution in [1.82, 2.24) is 9.97 Å². The van der Waals surface area contributed by atoms with Gasteiger partial charge >= 0.3 is 0 Å². The van der Waals surface area contributed by atoms with Crippen LogP contribution in [-0.4, -0.2) is 9.97 Å². The van der Waals surface area contributed by atoms with Gasteiger partial charge in [0, 0.05) is 27.7 Å². The Balaban J connectivity index is 1.86. The maximum atomic E-state index is 6.30. The molecular formula is C26H17ClN2. The molecule has 0 saturated carbocycles. The Morgan fingerprint density at radius 2 is 1.31 bits per heavy atom. The van der Waals surface area contributed by atoms with E-state index in [0.29, 0.717) is 5.02 Å². The molecule has 3 heteroatoms. The van der Waals surface area contributed by atoms with Gasteiger partial charge in [-0.3, -0.25) is 4.98 Å². The molecule has 5 rings (SSSR count). The van der Waals surface area contributed by atoms with Gasteiger partial charge in [-0.05, 0) is 35.4 Å². The van der Waals surface area contributed by atoms with E-state index in [1.807, 2.05) is 66.9 Å². The van der Waals surface area contributed by atoms with Crippen molar-refractivity contribution in [3.05, 3.63) is 108 Å². The highest BCUT2D eigenvalue weighted by molar-refractivity contribution is 6.31. The SMILES string of the molecule is Clc1cccc(-c2cc(-c3ccccc3)nc3c(-c4ccccc4)nccc23)c1.